The van der Waals surface area contributed by atoms with E-state index in [2.05, 4.69) is 23.1 Å². The Bertz CT molecular complexity index is 532. The van der Waals surface area contributed by atoms with Gasteiger partial charge in [0.15, 0.2) is 0 Å². The molecule has 2 N–H and O–H groups in total. The highest BCUT2D eigenvalue weighted by Gasteiger charge is 2.21. The monoisotopic (exact) mass is 244 g/mol. The zero-order valence-corrected chi connectivity index (χ0v) is 10.7. The van der Waals surface area contributed by atoms with E-state index in [1.165, 1.54) is 17.4 Å². The Kier molecular flexibility index (Phi) is 3.35. The van der Waals surface area contributed by atoms with Crippen molar-refractivity contribution in [3.8, 4) is 0 Å². The fourth-order valence-electron chi connectivity index (χ4n) is 2.77. The van der Waals surface area contributed by atoms with Crippen molar-refractivity contribution >= 4 is 11.0 Å². The van der Waals surface area contributed by atoms with E-state index in [9.17, 15) is 0 Å². The maximum Gasteiger partial charge on any atom is 0.134 e. The molecule has 18 heavy (non-hydrogen) atoms. The number of fused-ring (bicyclic) bond motifs is 3. The number of rotatable bonds is 4. The third-order valence-electron chi connectivity index (χ3n) is 3.76. The van der Waals surface area contributed by atoms with Crippen LogP contribution in [-0.2, 0) is 13.0 Å². The SMILES string of the molecule is NCCCCN1CCc2c(oc3ccccc23)C1. The summed E-state index contributed by atoms with van der Waals surface area (Å²) >= 11 is 0. The van der Waals surface area contributed by atoms with Gasteiger partial charge in [0.1, 0.15) is 11.3 Å². The molecule has 1 aliphatic heterocycles. The Morgan fingerprint density at radius 3 is 3.00 bits per heavy atom. The highest BCUT2D eigenvalue weighted by atomic mass is 16.3. The smallest absolute Gasteiger partial charge is 0.134 e. The summed E-state index contributed by atoms with van der Waals surface area (Å²) in [4.78, 5) is 2.47. The summed E-state index contributed by atoms with van der Waals surface area (Å²) in [6.45, 7) is 4.02. The molecular weight excluding hydrogens is 224 g/mol. The van der Waals surface area contributed by atoms with Gasteiger partial charge < -0.3 is 10.2 Å². The number of hydrogen-bond acceptors (Lipinski definition) is 3. The molecule has 1 aromatic heterocycles. The van der Waals surface area contributed by atoms with Gasteiger partial charge >= 0.3 is 0 Å². The summed E-state index contributed by atoms with van der Waals surface area (Å²) < 4.78 is 5.96. The van der Waals surface area contributed by atoms with E-state index in [-0.39, 0.29) is 0 Å². The van der Waals surface area contributed by atoms with E-state index >= 15 is 0 Å². The van der Waals surface area contributed by atoms with Crippen LogP contribution in [0.2, 0.25) is 0 Å². The molecular formula is C15H20N2O. The third-order valence-corrected chi connectivity index (χ3v) is 3.76. The molecule has 0 fully saturated rings. The Hall–Kier alpha value is -1.32. The maximum absolute atomic E-state index is 5.96. The predicted molar refractivity (Wildman–Crippen MR) is 73.5 cm³/mol. The van der Waals surface area contributed by atoms with E-state index in [0.717, 1.165) is 50.4 Å². The van der Waals surface area contributed by atoms with E-state index in [4.69, 9.17) is 10.2 Å². The van der Waals surface area contributed by atoms with Gasteiger partial charge in [0, 0.05) is 17.5 Å². The predicted octanol–water partition coefficient (Wildman–Crippen LogP) is 2.53. The quantitative estimate of drug-likeness (QED) is 0.840. The molecule has 0 spiro atoms. The second kappa shape index (κ2) is 5.12. The molecule has 1 aromatic carbocycles. The molecule has 0 saturated carbocycles. The van der Waals surface area contributed by atoms with Gasteiger partial charge in [-0.05, 0) is 38.4 Å². The summed E-state index contributed by atoms with van der Waals surface area (Å²) in [5.74, 6) is 1.16. The lowest BCUT2D eigenvalue weighted by Gasteiger charge is -2.25. The summed E-state index contributed by atoms with van der Waals surface area (Å²) in [5.41, 5.74) is 7.99. The molecule has 0 aliphatic carbocycles. The van der Waals surface area contributed by atoms with Crippen molar-refractivity contribution in [3.05, 3.63) is 35.6 Å². The molecule has 3 rings (SSSR count). The van der Waals surface area contributed by atoms with E-state index in [0.29, 0.717) is 0 Å². The van der Waals surface area contributed by atoms with Crippen LogP contribution in [0.4, 0.5) is 0 Å². The standard InChI is InChI=1S/C15H20N2O/c16-8-3-4-9-17-10-7-13-12-5-1-2-6-14(12)18-15(13)11-17/h1-2,5-6H,3-4,7-11,16H2. The molecule has 0 amide bonds. The fraction of sp³-hybridized carbons (Fsp3) is 0.467. The molecule has 3 heteroatoms. The molecule has 0 bridgehead atoms. The molecule has 96 valence electrons. The number of nitrogens with two attached hydrogens (primary N) is 1. The van der Waals surface area contributed by atoms with Gasteiger partial charge in [-0.25, -0.2) is 0 Å². The van der Waals surface area contributed by atoms with E-state index < -0.39 is 0 Å². The van der Waals surface area contributed by atoms with E-state index in [1.807, 2.05) is 6.07 Å². The summed E-state index contributed by atoms with van der Waals surface area (Å²) in [5, 5.41) is 1.30. The Balaban J connectivity index is 1.76. The minimum atomic E-state index is 0.795. The number of furan rings is 1. The zero-order valence-electron chi connectivity index (χ0n) is 10.7. The summed E-state index contributed by atoms with van der Waals surface area (Å²) in [6, 6.07) is 8.36. The van der Waals surface area contributed by atoms with Crippen LogP contribution in [0.5, 0.6) is 0 Å². The van der Waals surface area contributed by atoms with Crippen LogP contribution in [0.15, 0.2) is 28.7 Å². The molecule has 2 heterocycles. The Labute approximate surface area is 108 Å². The normalized spacial score (nSPS) is 16.1. The van der Waals surface area contributed by atoms with Crippen LogP contribution in [0.3, 0.4) is 0 Å². The highest BCUT2D eigenvalue weighted by Crippen LogP contribution is 2.30. The summed E-state index contributed by atoms with van der Waals surface area (Å²) in [7, 11) is 0. The van der Waals surface area contributed by atoms with Crippen LogP contribution >= 0.6 is 0 Å². The average Bonchev–Trinajstić information content (AvgIpc) is 2.76. The van der Waals surface area contributed by atoms with Crippen molar-refractivity contribution in [2.24, 2.45) is 5.73 Å². The van der Waals surface area contributed by atoms with Gasteiger partial charge in [-0.15, -0.1) is 0 Å². The number of para-hydroxylation sites is 1. The third kappa shape index (κ3) is 2.16. The van der Waals surface area contributed by atoms with Crippen molar-refractivity contribution in [2.45, 2.75) is 25.8 Å². The van der Waals surface area contributed by atoms with Crippen molar-refractivity contribution in [3.63, 3.8) is 0 Å². The Morgan fingerprint density at radius 1 is 1.22 bits per heavy atom. The van der Waals surface area contributed by atoms with Crippen molar-refractivity contribution in [1.82, 2.24) is 4.90 Å². The first kappa shape index (κ1) is 11.8. The second-order valence-corrected chi connectivity index (χ2v) is 5.02. The first-order valence-electron chi connectivity index (χ1n) is 6.80. The molecule has 2 aromatic rings. The lowest BCUT2D eigenvalue weighted by molar-refractivity contribution is 0.228. The van der Waals surface area contributed by atoms with Gasteiger partial charge in [-0.2, -0.15) is 0 Å². The average molecular weight is 244 g/mol. The molecule has 3 nitrogen and oxygen atoms in total. The fourth-order valence-corrected chi connectivity index (χ4v) is 2.77. The van der Waals surface area contributed by atoms with Crippen molar-refractivity contribution < 1.29 is 4.42 Å². The lowest BCUT2D eigenvalue weighted by atomic mass is 10.0. The second-order valence-electron chi connectivity index (χ2n) is 5.02. The van der Waals surface area contributed by atoms with Gasteiger partial charge in [0.25, 0.3) is 0 Å². The molecule has 0 radical (unpaired) electrons. The highest BCUT2D eigenvalue weighted by molar-refractivity contribution is 5.82. The molecule has 0 unspecified atom stereocenters. The van der Waals surface area contributed by atoms with E-state index in [1.54, 1.807) is 0 Å². The minimum absolute atomic E-state index is 0.795. The van der Waals surface area contributed by atoms with Crippen LogP contribution in [0.1, 0.15) is 24.2 Å². The topological polar surface area (TPSA) is 42.4 Å². The van der Waals surface area contributed by atoms with Crippen molar-refractivity contribution in [2.75, 3.05) is 19.6 Å². The van der Waals surface area contributed by atoms with Gasteiger partial charge in [-0.3, -0.25) is 4.90 Å². The number of hydrogen-bond donors (Lipinski definition) is 1. The lowest BCUT2D eigenvalue weighted by Crippen LogP contribution is -2.31. The van der Waals surface area contributed by atoms with Crippen molar-refractivity contribution in [1.29, 1.82) is 0 Å². The summed E-state index contributed by atoms with van der Waals surface area (Å²) in [6.07, 6.45) is 3.41. The van der Waals surface area contributed by atoms with Gasteiger partial charge in [-0.1, -0.05) is 18.2 Å². The number of nitrogens with zero attached hydrogens (tertiary/aromatic N) is 1. The van der Waals surface area contributed by atoms with Crippen LogP contribution in [0.25, 0.3) is 11.0 Å². The van der Waals surface area contributed by atoms with Crippen LogP contribution in [-0.4, -0.2) is 24.5 Å². The first-order valence-corrected chi connectivity index (χ1v) is 6.80. The zero-order chi connectivity index (χ0) is 12.4. The number of benzene rings is 1. The maximum atomic E-state index is 5.96. The van der Waals surface area contributed by atoms with Crippen LogP contribution < -0.4 is 5.73 Å². The van der Waals surface area contributed by atoms with Crippen LogP contribution in [0, 0.1) is 0 Å². The first-order chi connectivity index (χ1) is 8.88. The molecule has 0 saturated heterocycles. The largest absolute Gasteiger partial charge is 0.459 e. The Morgan fingerprint density at radius 2 is 2.11 bits per heavy atom. The minimum Gasteiger partial charge on any atom is -0.459 e. The van der Waals surface area contributed by atoms with Gasteiger partial charge in [0.05, 0.1) is 6.54 Å². The number of unbranched alkanes of at least 4 members (excludes halogenated alkanes) is 1. The van der Waals surface area contributed by atoms with Gasteiger partial charge in [0.2, 0.25) is 0 Å². The molecule has 0 atom stereocenters. The molecule has 1 aliphatic rings.